The van der Waals surface area contributed by atoms with Gasteiger partial charge in [-0.25, -0.2) is 9.37 Å². The van der Waals surface area contributed by atoms with Gasteiger partial charge in [0.15, 0.2) is 5.13 Å². The first-order chi connectivity index (χ1) is 12.8. The number of anilines is 2. The third-order valence-electron chi connectivity index (χ3n) is 3.73. The van der Waals surface area contributed by atoms with Gasteiger partial charge in [0, 0.05) is 16.6 Å². The number of benzene rings is 3. The lowest BCUT2D eigenvalue weighted by Gasteiger charge is -2.07. The SMILES string of the molecule is Fc1ccc(-c2csc(Nc3ccc(Oc4ccccc4)cc3)n2)cc1. The summed E-state index contributed by atoms with van der Waals surface area (Å²) in [6, 6.07) is 23.7. The molecule has 4 rings (SSSR count). The van der Waals surface area contributed by atoms with Crippen molar-refractivity contribution in [1.82, 2.24) is 4.98 Å². The van der Waals surface area contributed by atoms with Crippen LogP contribution in [0.3, 0.4) is 0 Å². The first-order valence-corrected chi connectivity index (χ1v) is 8.96. The first-order valence-electron chi connectivity index (χ1n) is 8.08. The molecule has 3 aromatic carbocycles. The van der Waals surface area contributed by atoms with Crippen molar-refractivity contribution in [2.75, 3.05) is 5.32 Å². The maximum Gasteiger partial charge on any atom is 0.187 e. The van der Waals surface area contributed by atoms with Gasteiger partial charge < -0.3 is 10.1 Å². The molecular weight excluding hydrogens is 347 g/mol. The van der Waals surface area contributed by atoms with E-state index >= 15 is 0 Å². The number of thiazole rings is 1. The third kappa shape index (κ3) is 3.90. The van der Waals surface area contributed by atoms with Crippen LogP contribution in [0.5, 0.6) is 11.5 Å². The lowest BCUT2D eigenvalue weighted by atomic mass is 10.2. The fourth-order valence-electron chi connectivity index (χ4n) is 2.44. The summed E-state index contributed by atoms with van der Waals surface area (Å²) in [5, 5.41) is 6.00. The molecule has 0 atom stereocenters. The molecule has 0 amide bonds. The number of nitrogens with one attached hydrogen (secondary N) is 1. The van der Waals surface area contributed by atoms with Crippen LogP contribution in [-0.4, -0.2) is 4.98 Å². The molecule has 1 heterocycles. The van der Waals surface area contributed by atoms with Gasteiger partial charge in [-0.2, -0.15) is 0 Å². The van der Waals surface area contributed by atoms with Crippen LogP contribution in [-0.2, 0) is 0 Å². The number of aromatic nitrogens is 1. The Balaban J connectivity index is 1.44. The molecule has 0 bridgehead atoms. The van der Waals surface area contributed by atoms with Crippen molar-refractivity contribution < 1.29 is 9.13 Å². The van der Waals surface area contributed by atoms with Gasteiger partial charge in [0.05, 0.1) is 5.69 Å². The van der Waals surface area contributed by atoms with Crippen LogP contribution in [0, 0.1) is 5.82 Å². The van der Waals surface area contributed by atoms with Gasteiger partial charge in [0.25, 0.3) is 0 Å². The molecule has 0 aliphatic heterocycles. The second-order valence-electron chi connectivity index (χ2n) is 5.61. The predicted octanol–water partition coefficient (Wildman–Crippen LogP) is 6.49. The molecule has 1 N–H and O–H groups in total. The van der Waals surface area contributed by atoms with Gasteiger partial charge in [-0.3, -0.25) is 0 Å². The van der Waals surface area contributed by atoms with Crippen LogP contribution < -0.4 is 10.1 Å². The highest BCUT2D eigenvalue weighted by molar-refractivity contribution is 7.14. The monoisotopic (exact) mass is 362 g/mol. The van der Waals surface area contributed by atoms with Crippen molar-refractivity contribution in [1.29, 1.82) is 0 Å². The minimum absolute atomic E-state index is 0.250. The Hall–Kier alpha value is -3.18. The van der Waals surface area contributed by atoms with E-state index in [4.69, 9.17) is 4.74 Å². The molecule has 0 aliphatic carbocycles. The van der Waals surface area contributed by atoms with Crippen molar-refractivity contribution in [2.45, 2.75) is 0 Å². The maximum absolute atomic E-state index is 13.0. The van der Waals surface area contributed by atoms with E-state index in [1.807, 2.05) is 60.0 Å². The minimum atomic E-state index is -0.250. The van der Waals surface area contributed by atoms with Crippen molar-refractivity contribution in [2.24, 2.45) is 0 Å². The minimum Gasteiger partial charge on any atom is -0.457 e. The molecule has 3 nitrogen and oxygen atoms in total. The summed E-state index contributed by atoms with van der Waals surface area (Å²) >= 11 is 1.50. The number of hydrogen-bond donors (Lipinski definition) is 1. The summed E-state index contributed by atoms with van der Waals surface area (Å²) in [6.45, 7) is 0. The number of nitrogens with zero attached hydrogens (tertiary/aromatic N) is 1. The Morgan fingerprint density at radius 3 is 2.23 bits per heavy atom. The average Bonchev–Trinajstić information content (AvgIpc) is 3.13. The maximum atomic E-state index is 13.0. The van der Waals surface area contributed by atoms with E-state index in [9.17, 15) is 4.39 Å². The molecule has 26 heavy (non-hydrogen) atoms. The van der Waals surface area contributed by atoms with Crippen LogP contribution in [0.1, 0.15) is 0 Å². The Morgan fingerprint density at radius 2 is 1.50 bits per heavy atom. The van der Waals surface area contributed by atoms with Gasteiger partial charge in [-0.05, 0) is 60.7 Å². The van der Waals surface area contributed by atoms with Crippen LogP contribution in [0.25, 0.3) is 11.3 Å². The number of hydrogen-bond acceptors (Lipinski definition) is 4. The molecule has 0 unspecified atom stereocenters. The number of rotatable bonds is 5. The fourth-order valence-corrected chi connectivity index (χ4v) is 3.18. The summed E-state index contributed by atoms with van der Waals surface area (Å²) < 4.78 is 18.8. The summed E-state index contributed by atoms with van der Waals surface area (Å²) in [4.78, 5) is 4.55. The fraction of sp³-hybridized carbons (Fsp3) is 0. The van der Waals surface area contributed by atoms with Gasteiger partial charge in [-0.1, -0.05) is 18.2 Å². The largest absolute Gasteiger partial charge is 0.457 e. The van der Waals surface area contributed by atoms with Crippen molar-refractivity contribution in [3.8, 4) is 22.8 Å². The highest BCUT2D eigenvalue weighted by Gasteiger charge is 2.05. The Labute approximate surface area is 154 Å². The molecular formula is C21H15FN2OS. The van der Waals surface area contributed by atoms with Crippen LogP contribution in [0.4, 0.5) is 15.2 Å². The number of halogens is 1. The molecule has 0 fully saturated rings. The Kier molecular flexibility index (Phi) is 4.62. The molecule has 1 aromatic heterocycles. The lowest BCUT2D eigenvalue weighted by Crippen LogP contribution is -1.90. The van der Waals surface area contributed by atoms with Crippen molar-refractivity contribution in [3.63, 3.8) is 0 Å². The van der Waals surface area contributed by atoms with E-state index in [0.29, 0.717) is 0 Å². The van der Waals surface area contributed by atoms with Gasteiger partial charge in [0.2, 0.25) is 0 Å². The number of ether oxygens (including phenoxy) is 1. The van der Waals surface area contributed by atoms with E-state index in [1.54, 1.807) is 12.1 Å². The summed E-state index contributed by atoms with van der Waals surface area (Å²) in [5.41, 5.74) is 2.63. The highest BCUT2D eigenvalue weighted by atomic mass is 32.1. The molecule has 0 spiro atoms. The van der Waals surface area contributed by atoms with Crippen LogP contribution >= 0.6 is 11.3 Å². The highest BCUT2D eigenvalue weighted by Crippen LogP contribution is 2.28. The van der Waals surface area contributed by atoms with E-state index in [-0.39, 0.29) is 5.82 Å². The topological polar surface area (TPSA) is 34.1 Å². The lowest BCUT2D eigenvalue weighted by molar-refractivity contribution is 0.483. The predicted molar refractivity (Wildman–Crippen MR) is 104 cm³/mol. The zero-order valence-electron chi connectivity index (χ0n) is 13.7. The molecule has 128 valence electrons. The second kappa shape index (κ2) is 7.37. The smallest absolute Gasteiger partial charge is 0.187 e. The summed E-state index contributed by atoms with van der Waals surface area (Å²) in [5.74, 6) is 1.32. The third-order valence-corrected chi connectivity index (χ3v) is 4.49. The molecule has 0 saturated heterocycles. The van der Waals surface area contributed by atoms with E-state index in [0.717, 1.165) is 33.6 Å². The molecule has 0 aliphatic rings. The number of para-hydroxylation sites is 1. The average molecular weight is 362 g/mol. The van der Waals surface area contributed by atoms with Gasteiger partial charge >= 0.3 is 0 Å². The van der Waals surface area contributed by atoms with Crippen LogP contribution in [0.2, 0.25) is 0 Å². The Morgan fingerprint density at radius 1 is 0.808 bits per heavy atom. The molecule has 0 saturated carbocycles. The van der Waals surface area contributed by atoms with Crippen LogP contribution in [0.15, 0.2) is 84.2 Å². The molecule has 4 aromatic rings. The normalized spacial score (nSPS) is 10.5. The second-order valence-corrected chi connectivity index (χ2v) is 6.47. The molecule has 5 heteroatoms. The molecule has 0 radical (unpaired) electrons. The van der Waals surface area contributed by atoms with E-state index in [1.165, 1.54) is 23.5 Å². The summed E-state index contributed by atoms with van der Waals surface area (Å²) in [7, 11) is 0. The van der Waals surface area contributed by atoms with Gasteiger partial charge in [-0.15, -0.1) is 11.3 Å². The summed E-state index contributed by atoms with van der Waals surface area (Å²) in [6.07, 6.45) is 0. The standard InChI is InChI=1S/C21H15FN2OS/c22-16-8-6-15(7-9-16)20-14-26-21(24-20)23-17-10-12-19(13-11-17)25-18-4-2-1-3-5-18/h1-14H,(H,23,24). The van der Waals surface area contributed by atoms with Crippen molar-refractivity contribution >= 4 is 22.2 Å². The zero-order valence-corrected chi connectivity index (χ0v) is 14.5. The van der Waals surface area contributed by atoms with Crippen molar-refractivity contribution in [3.05, 3.63) is 90.1 Å². The Bertz CT molecular complexity index is 983. The van der Waals surface area contributed by atoms with E-state index in [2.05, 4.69) is 10.3 Å². The van der Waals surface area contributed by atoms with E-state index < -0.39 is 0 Å². The zero-order chi connectivity index (χ0) is 17.8. The quantitative estimate of drug-likeness (QED) is 0.441. The van der Waals surface area contributed by atoms with Gasteiger partial charge in [0.1, 0.15) is 17.3 Å². The first kappa shape index (κ1) is 16.3.